The van der Waals surface area contributed by atoms with Crippen LogP contribution in [0.25, 0.3) is 0 Å². The van der Waals surface area contributed by atoms with Crippen molar-refractivity contribution in [3.05, 3.63) is 35.4 Å². The smallest absolute Gasteiger partial charge is 0.182 e. The summed E-state index contributed by atoms with van der Waals surface area (Å²) in [6, 6.07) is 8.15. The summed E-state index contributed by atoms with van der Waals surface area (Å²) in [6.45, 7) is 3.84. The van der Waals surface area contributed by atoms with Gasteiger partial charge in [-0.2, -0.15) is 0 Å². The van der Waals surface area contributed by atoms with Crippen LogP contribution >= 0.6 is 0 Å². The highest BCUT2D eigenvalue weighted by Gasteiger charge is 2.27. The van der Waals surface area contributed by atoms with Crippen molar-refractivity contribution in [1.29, 1.82) is 0 Å². The predicted octanol–water partition coefficient (Wildman–Crippen LogP) is 3.13. The Morgan fingerprint density at radius 2 is 2.06 bits per heavy atom. The Morgan fingerprint density at radius 1 is 1.35 bits per heavy atom. The van der Waals surface area contributed by atoms with Crippen LogP contribution in [0.4, 0.5) is 0 Å². The summed E-state index contributed by atoms with van der Waals surface area (Å²) in [7, 11) is 1.83. The molecule has 1 aromatic rings. The number of benzene rings is 1. The van der Waals surface area contributed by atoms with Crippen LogP contribution in [0.1, 0.15) is 54.9 Å². The van der Waals surface area contributed by atoms with Gasteiger partial charge in [0, 0.05) is 5.56 Å². The molecule has 1 aliphatic carbocycles. The Balaban J connectivity index is 2.23. The Morgan fingerprint density at radius 3 is 2.59 bits per heavy atom. The van der Waals surface area contributed by atoms with E-state index in [1.807, 2.05) is 33.0 Å². The van der Waals surface area contributed by atoms with Gasteiger partial charge in [0.2, 0.25) is 0 Å². The lowest BCUT2D eigenvalue weighted by Gasteiger charge is -2.27. The van der Waals surface area contributed by atoms with E-state index in [0.29, 0.717) is 5.92 Å². The average molecular weight is 231 g/mol. The third-order valence-corrected chi connectivity index (χ3v) is 3.92. The van der Waals surface area contributed by atoms with Crippen LogP contribution in [0.2, 0.25) is 0 Å². The largest absolute Gasteiger partial charge is 0.308 e. The van der Waals surface area contributed by atoms with Gasteiger partial charge in [0.05, 0.1) is 5.54 Å². The van der Waals surface area contributed by atoms with Gasteiger partial charge in [-0.15, -0.1) is 0 Å². The van der Waals surface area contributed by atoms with Gasteiger partial charge in [-0.05, 0) is 51.3 Å². The van der Waals surface area contributed by atoms with Crippen molar-refractivity contribution >= 4 is 5.78 Å². The fourth-order valence-corrected chi connectivity index (χ4v) is 2.15. The molecule has 0 amide bonds. The van der Waals surface area contributed by atoms with Gasteiger partial charge < -0.3 is 5.32 Å². The van der Waals surface area contributed by atoms with Crippen LogP contribution in [0.3, 0.4) is 0 Å². The second-order valence-electron chi connectivity index (χ2n) is 5.46. The minimum absolute atomic E-state index is 0.168. The molecule has 0 bridgehead atoms. The van der Waals surface area contributed by atoms with Crippen molar-refractivity contribution in [2.24, 2.45) is 0 Å². The van der Waals surface area contributed by atoms with Gasteiger partial charge in [-0.3, -0.25) is 4.79 Å². The number of nitrogens with one attached hydrogen (secondary N) is 1. The molecule has 92 valence electrons. The maximum Gasteiger partial charge on any atom is 0.182 e. The molecule has 1 saturated carbocycles. The SMILES string of the molecule is CNC(C)(C)C(=O)c1cccc(C2CCC2)c1. The van der Waals surface area contributed by atoms with Crippen molar-refractivity contribution in [1.82, 2.24) is 5.32 Å². The van der Waals surface area contributed by atoms with E-state index >= 15 is 0 Å². The van der Waals surface area contributed by atoms with Crippen LogP contribution in [0.5, 0.6) is 0 Å². The number of likely N-dealkylation sites (N-methyl/N-ethyl adjacent to an activating group) is 1. The summed E-state index contributed by atoms with van der Waals surface area (Å²) in [5.41, 5.74) is 1.67. The second-order valence-corrected chi connectivity index (χ2v) is 5.46. The lowest BCUT2D eigenvalue weighted by atomic mass is 9.79. The molecule has 0 aromatic heterocycles. The maximum atomic E-state index is 12.3. The quantitative estimate of drug-likeness (QED) is 0.807. The molecule has 17 heavy (non-hydrogen) atoms. The van der Waals surface area contributed by atoms with Crippen molar-refractivity contribution in [2.75, 3.05) is 7.05 Å². The van der Waals surface area contributed by atoms with Crippen LogP contribution in [0, 0.1) is 0 Å². The number of ketones is 1. The summed E-state index contributed by atoms with van der Waals surface area (Å²) >= 11 is 0. The number of Topliss-reactive ketones (excluding diaryl/α,β-unsaturated/α-hetero) is 1. The predicted molar refractivity (Wildman–Crippen MR) is 70.5 cm³/mol. The minimum atomic E-state index is -0.488. The Kier molecular flexibility index (Phi) is 3.34. The molecule has 0 unspecified atom stereocenters. The average Bonchev–Trinajstić information content (AvgIpc) is 2.26. The number of rotatable bonds is 4. The number of hydrogen-bond acceptors (Lipinski definition) is 2. The van der Waals surface area contributed by atoms with Crippen LogP contribution in [-0.4, -0.2) is 18.4 Å². The maximum absolute atomic E-state index is 12.3. The van der Waals surface area contributed by atoms with E-state index in [9.17, 15) is 4.79 Å². The van der Waals surface area contributed by atoms with E-state index in [1.165, 1.54) is 24.8 Å². The first kappa shape index (κ1) is 12.3. The summed E-state index contributed by atoms with van der Waals surface area (Å²) in [5.74, 6) is 0.849. The van der Waals surface area contributed by atoms with Crippen molar-refractivity contribution in [3.8, 4) is 0 Å². The van der Waals surface area contributed by atoms with Gasteiger partial charge in [0.1, 0.15) is 0 Å². The van der Waals surface area contributed by atoms with E-state index in [1.54, 1.807) is 0 Å². The first-order valence-electron chi connectivity index (χ1n) is 6.38. The molecule has 2 heteroatoms. The molecular weight excluding hydrogens is 210 g/mol. The first-order valence-corrected chi connectivity index (χ1v) is 6.38. The molecule has 1 fully saturated rings. The van der Waals surface area contributed by atoms with Crippen molar-refractivity contribution in [3.63, 3.8) is 0 Å². The normalized spacial score (nSPS) is 16.6. The lowest BCUT2D eigenvalue weighted by Crippen LogP contribution is -2.44. The van der Waals surface area contributed by atoms with E-state index in [-0.39, 0.29) is 5.78 Å². The van der Waals surface area contributed by atoms with Gasteiger partial charge in [0.15, 0.2) is 5.78 Å². The topological polar surface area (TPSA) is 29.1 Å². The molecule has 0 atom stereocenters. The zero-order valence-corrected chi connectivity index (χ0v) is 10.9. The fraction of sp³-hybridized carbons (Fsp3) is 0.533. The van der Waals surface area contributed by atoms with Crippen LogP contribution in [-0.2, 0) is 0 Å². The second kappa shape index (κ2) is 4.61. The molecule has 2 nitrogen and oxygen atoms in total. The number of carbonyl (C=O) groups is 1. The molecular formula is C15H21NO. The van der Waals surface area contributed by atoms with Crippen molar-refractivity contribution in [2.45, 2.75) is 44.6 Å². The number of hydrogen-bond donors (Lipinski definition) is 1. The summed E-state index contributed by atoms with van der Waals surface area (Å²) in [5, 5.41) is 3.07. The highest BCUT2D eigenvalue weighted by atomic mass is 16.1. The molecule has 0 radical (unpaired) electrons. The van der Waals surface area contributed by atoms with E-state index in [2.05, 4.69) is 17.4 Å². The third kappa shape index (κ3) is 2.42. The van der Waals surface area contributed by atoms with Gasteiger partial charge >= 0.3 is 0 Å². The Hall–Kier alpha value is -1.15. The van der Waals surface area contributed by atoms with Crippen molar-refractivity contribution < 1.29 is 4.79 Å². The lowest BCUT2D eigenvalue weighted by molar-refractivity contribution is 0.0889. The number of carbonyl (C=O) groups excluding carboxylic acids is 1. The van der Waals surface area contributed by atoms with E-state index in [4.69, 9.17) is 0 Å². The Bertz CT molecular complexity index is 419. The molecule has 0 spiro atoms. The van der Waals surface area contributed by atoms with E-state index in [0.717, 1.165) is 5.56 Å². The molecule has 0 aliphatic heterocycles. The van der Waals surface area contributed by atoms with Gasteiger partial charge in [0.25, 0.3) is 0 Å². The summed E-state index contributed by atoms with van der Waals surface area (Å²) in [4.78, 5) is 12.3. The molecule has 0 heterocycles. The fourth-order valence-electron chi connectivity index (χ4n) is 2.15. The molecule has 2 rings (SSSR count). The van der Waals surface area contributed by atoms with Gasteiger partial charge in [-0.1, -0.05) is 24.6 Å². The standard InChI is InChI=1S/C15H21NO/c1-15(2,16-3)14(17)13-9-5-8-12(10-13)11-6-4-7-11/h5,8-11,16H,4,6-7H2,1-3H3. The summed E-state index contributed by atoms with van der Waals surface area (Å²) in [6.07, 6.45) is 3.87. The van der Waals surface area contributed by atoms with Crippen LogP contribution in [0.15, 0.2) is 24.3 Å². The zero-order chi connectivity index (χ0) is 12.5. The molecule has 1 aromatic carbocycles. The van der Waals surface area contributed by atoms with E-state index < -0.39 is 5.54 Å². The zero-order valence-electron chi connectivity index (χ0n) is 10.9. The summed E-state index contributed by atoms with van der Waals surface area (Å²) < 4.78 is 0. The molecule has 1 N–H and O–H groups in total. The third-order valence-electron chi connectivity index (χ3n) is 3.92. The minimum Gasteiger partial charge on any atom is -0.308 e. The highest BCUT2D eigenvalue weighted by molar-refractivity contribution is 6.02. The highest BCUT2D eigenvalue weighted by Crippen LogP contribution is 2.36. The first-order chi connectivity index (χ1) is 8.04. The molecule has 1 aliphatic rings. The monoisotopic (exact) mass is 231 g/mol. The van der Waals surface area contributed by atoms with Crippen LogP contribution < -0.4 is 5.32 Å². The Labute approximate surface area is 103 Å². The van der Waals surface area contributed by atoms with Gasteiger partial charge in [-0.25, -0.2) is 0 Å². The molecule has 0 saturated heterocycles.